The van der Waals surface area contributed by atoms with Gasteiger partial charge in [0.25, 0.3) is 11.8 Å². The Labute approximate surface area is 168 Å². The highest BCUT2D eigenvalue weighted by Crippen LogP contribution is 2.13. The van der Waals surface area contributed by atoms with Crippen LogP contribution in [0.4, 0.5) is 8.78 Å². The van der Waals surface area contributed by atoms with E-state index in [-0.39, 0.29) is 11.4 Å². The van der Waals surface area contributed by atoms with Crippen LogP contribution in [0, 0.1) is 17.6 Å². The fraction of sp³-hybridized carbons (Fsp3) is 0.400. The lowest BCUT2D eigenvalue weighted by molar-refractivity contribution is -0.115. The van der Waals surface area contributed by atoms with Crippen molar-refractivity contribution in [3.05, 3.63) is 47.2 Å². The Morgan fingerprint density at radius 1 is 1.21 bits per heavy atom. The summed E-state index contributed by atoms with van der Waals surface area (Å²) in [5.41, 5.74) is -0.810. The van der Waals surface area contributed by atoms with Gasteiger partial charge in [-0.25, -0.2) is 8.78 Å². The molecule has 0 bridgehead atoms. The van der Waals surface area contributed by atoms with Crippen LogP contribution in [0.15, 0.2) is 40.0 Å². The fourth-order valence-electron chi connectivity index (χ4n) is 2.98. The summed E-state index contributed by atoms with van der Waals surface area (Å²) in [7, 11) is 2.90. The monoisotopic (exact) mass is 405 g/mol. The molecular formula is C20H25F2N5O2. The van der Waals surface area contributed by atoms with E-state index >= 15 is 0 Å². The van der Waals surface area contributed by atoms with Crippen LogP contribution in [0.25, 0.3) is 0 Å². The minimum absolute atomic E-state index is 0.00596. The molecule has 1 aromatic carbocycles. The van der Waals surface area contributed by atoms with Gasteiger partial charge >= 0.3 is 0 Å². The van der Waals surface area contributed by atoms with E-state index in [1.165, 1.54) is 26.4 Å². The summed E-state index contributed by atoms with van der Waals surface area (Å²) in [6, 6.07) is 3.12. The van der Waals surface area contributed by atoms with Gasteiger partial charge in [0, 0.05) is 26.9 Å². The van der Waals surface area contributed by atoms with Crippen LogP contribution in [0.5, 0.6) is 0 Å². The lowest BCUT2D eigenvalue weighted by Crippen LogP contribution is -2.41. The number of carbonyl (C=O) groups excluding carboxylic acids is 2. The predicted octanol–water partition coefficient (Wildman–Crippen LogP) is 1.47. The molecule has 0 radical (unpaired) electrons. The number of halogens is 2. The molecule has 0 aliphatic carbocycles. The molecule has 1 aliphatic rings. The molecule has 7 nitrogen and oxygen atoms in total. The molecule has 1 saturated heterocycles. The Hall–Kier alpha value is -2.94. The highest BCUT2D eigenvalue weighted by Gasteiger charge is 2.23. The molecule has 3 N–H and O–H groups in total. The van der Waals surface area contributed by atoms with Crippen LogP contribution in [-0.2, 0) is 4.79 Å². The summed E-state index contributed by atoms with van der Waals surface area (Å²) in [5.74, 6) is -3.17. The predicted molar refractivity (Wildman–Crippen MR) is 108 cm³/mol. The van der Waals surface area contributed by atoms with Gasteiger partial charge in [0.1, 0.15) is 22.9 Å². The average molecular weight is 405 g/mol. The number of allylic oxidation sites excluding steroid dienone is 1. The first-order valence-electron chi connectivity index (χ1n) is 9.31. The number of amides is 2. The smallest absolute Gasteiger partial charge is 0.271 e. The Bertz CT molecular complexity index is 810. The van der Waals surface area contributed by atoms with Gasteiger partial charge < -0.3 is 16.0 Å². The third-order valence-electron chi connectivity index (χ3n) is 4.53. The van der Waals surface area contributed by atoms with Crippen molar-refractivity contribution in [3.63, 3.8) is 0 Å². The van der Waals surface area contributed by atoms with Crippen molar-refractivity contribution in [2.75, 3.05) is 33.7 Å². The van der Waals surface area contributed by atoms with Gasteiger partial charge in [-0.05, 0) is 50.1 Å². The van der Waals surface area contributed by atoms with Crippen LogP contribution in [0.1, 0.15) is 23.2 Å². The first kappa shape index (κ1) is 22.4. The largest absolute Gasteiger partial charge is 0.350 e. The first-order chi connectivity index (χ1) is 14.0. The van der Waals surface area contributed by atoms with Crippen LogP contribution < -0.4 is 16.0 Å². The second-order valence-electron chi connectivity index (χ2n) is 6.51. The molecule has 1 aromatic rings. The number of aliphatic imine (C=N–C) groups is 2. The molecule has 0 atom stereocenters. The third-order valence-corrected chi connectivity index (χ3v) is 4.53. The molecule has 1 aliphatic heterocycles. The maximum Gasteiger partial charge on any atom is 0.271 e. The number of benzene rings is 1. The molecule has 2 rings (SSSR count). The summed E-state index contributed by atoms with van der Waals surface area (Å²) in [5, 5.41) is 8.44. The maximum atomic E-state index is 13.9. The molecule has 1 fully saturated rings. The van der Waals surface area contributed by atoms with Gasteiger partial charge in [-0.2, -0.15) is 0 Å². The molecule has 9 heteroatoms. The Morgan fingerprint density at radius 2 is 1.86 bits per heavy atom. The van der Waals surface area contributed by atoms with E-state index in [1.54, 1.807) is 0 Å². The van der Waals surface area contributed by atoms with Gasteiger partial charge in [-0.15, -0.1) is 0 Å². The number of piperidine rings is 1. The summed E-state index contributed by atoms with van der Waals surface area (Å²) in [6.07, 6.45) is 4.60. The van der Waals surface area contributed by atoms with Gasteiger partial charge in [-0.3, -0.25) is 19.6 Å². The second-order valence-corrected chi connectivity index (χ2v) is 6.51. The van der Waals surface area contributed by atoms with Crippen molar-refractivity contribution >= 4 is 23.7 Å². The van der Waals surface area contributed by atoms with Gasteiger partial charge in [0.15, 0.2) is 0 Å². The van der Waals surface area contributed by atoms with Crippen molar-refractivity contribution in [2.45, 2.75) is 12.8 Å². The van der Waals surface area contributed by atoms with E-state index in [1.807, 2.05) is 0 Å². The van der Waals surface area contributed by atoms with Crippen molar-refractivity contribution in [1.82, 2.24) is 16.0 Å². The Morgan fingerprint density at radius 3 is 2.45 bits per heavy atom. The molecule has 0 unspecified atom stereocenters. The molecule has 0 aromatic heterocycles. The number of hydrogen-bond acceptors (Lipinski definition) is 5. The Balaban J connectivity index is 2.16. The number of carbonyl (C=O) groups is 2. The topological polar surface area (TPSA) is 95.0 Å². The highest BCUT2D eigenvalue weighted by molar-refractivity contribution is 6.46. The number of rotatable bonds is 7. The summed E-state index contributed by atoms with van der Waals surface area (Å²) in [4.78, 5) is 32.8. The van der Waals surface area contributed by atoms with Crippen molar-refractivity contribution in [1.29, 1.82) is 0 Å². The van der Waals surface area contributed by atoms with Crippen LogP contribution >= 0.6 is 0 Å². The fourth-order valence-corrected chi connectivity index (χ4v) is 2.98. The zero-order valence-corrected chi connectivity index (χ0v) is 16.5. The van der Waals surface area contributed by atoms with Gasteiger partial charge in [0.2, 0.25) is 0 Å². The van der Waals surface area contributed by atoms with E-state index in [4.69, 9.17) is 0 Å². The standard InChI is InChI=1S/C20H25F2N5O2/c1-23-9-8-16(27-19(28)17-14(21)4-3-5-15(17)22)18(24-2)20(29)26-12-13-6-10-25-11-7-13/h3-5,8-9,13,25H,6-7,10-12H2,1-2H3,(H,26,29)(H,27,28)/b16-8+,23-9?,24-18?. The second kappa shape index (κ2) is 11.2. The van der Waals surface area contributed by atoms with E-state index in [0.29, 0.717) is 12.5 Å². The molecular weight excluding hydrogens is 380 g/mol. The zero-order valence-electron chi connectivity index (χ0n) is 16.5. The summed E-state index contributed by atoms with van der Waals surface area (Å²) >= 11 is 0. The summed E-state index contributed by atoms with van der Waals surface area (Å²) in [6.45, 7) is 2.28. The number of nitrogens with one attached hydrogen (secondary N) is 3. The van der Waals surface area contributed by atoms with Gasteiger partial charge in [-0.1, -0.05) is 6.07 Å². The number of hydrogen-bond donors (Lipinski definition) is 3. The van der Waals surface area contributed by atoms with Crippen molar-refractivity contribution in [2.24, 2.45) is 15.9 Å². The van der Waals surface area contributed by atoms with Crippen LogP contribution in [0.3, 0.4) is 0 Å². The summed E-state index contributed by atoms with van der Waals surface area (Å²) < 4.78 is 27.8. The van der Waals surface area contributed by atoms with Gasteiger partial charge in [0.05, 0.1) is 5.70 Å². The van der Waals surface area contributed by atoms with Crippen molar-refractivity contribution < 1.29 is 18.4 Å². The van der Waals surface area contributed by atoms with Crippen LogP contribution in [-0.4, -0.2) is 57.5 Å². The lowest BCUT2D eigenvalue weighted by Gasteiger charge is -2.23. The number of nitrogens with zero attached hydrogens (tertiary/aromatic N) is 2. The van der Waals surface area contributed by atoms with E-state index in [0.717, 1.165) is 44.1 Å². The van der Waals surface area contributed by atoms with E-state index in [2.05, 4.69) is 25.9 Å². The molecule has 1 heterocycles. The van der Waals surface area contributed by atoms with E-state index < -0.39 is 29.0 Å². The van der Waals surface area contributed by atoms with Crippen LogP contribution in [0.2, 0.25) is 0 Å². The zero-order chi connectivity index (χ0) is 21.2. The SMILES string of the molecule is CN=C/C=C(/NC(=O)c1c(F)cccc1F)C(=NC)C(=O)NCC1CCNCC1. The lowest BCUT2D eigenvalue weighted by atomic mass is 9.98. The molecule has 0 spiro atoms. The Kier molecular flexibility index (Phi) is 8.60. The molecule has 2 amide bonds. The first-order valence-corrected chi connectivity index (χ1v) is 9.31. The minimum atomic E-state index is -1.02. The quantitative estimate of drug-likeness (QED) is 0.600. The van der Waals surface area contributed by atoms with E-state index in [9.17, 15) is 18.4 Å². The molecule has 156 valence electrons. The highest BCUT2D eigenvalue weighted by atomic mass is 19.1. The van der Waals surface area contributed by atoms with Crippen molar-refractivity contribution in [3.8, 4) is 0 Å². The average Bonchev–Trinajstić information content (AvgIpc) is 2.71. The third kappa shape index (κ3) is 6.28. The minimum Gasteiger partial charge on any atom is -0.350 e. The normalized spacial score (nSPS) is 16.1. The maximum absolute atomic E-state index is 13.9. The molecule has 29 heavy (non-hydrogen) atoms. The molecule has 0 saturated carbocycles.